The first kappa shape index (κ1) is 18.7. The summed E-state index contributed by atoms with van der Waals surface area (Å²) in [6.45, 7) is 3.40. The number of benzene rings is 1. The molecule has 0 radical (unpaired) electrons. The zero-order valence-electron chi connectivity index (χ0n) is 16.4. The fraction of sp³-hybridized carbons (Fsp3) is 0.500. The molecule has 1 aromatic carbocycles. The maximum Gasteiger partial charge on any atom is 0.253 e. The first-order chi connectivity index (χ1) is 13.6. The predicted molar refractivity (Wildman–Crippen MR) is 108 cm³/mol. The summed E-state index contributed by atoms with van der Waals surface area (Å²) in [5, 5.41) is 10.3. The van der Waals surface area contributed by atoms with Gasteiger partial charge in [0.25, 0.3) is 5.91 Å². The molecule has 2 N–H and O–H groups in total. The lowest BCUT2D eigenvalue weighted by atomic mass is 9.93. The van der Waals surface area contributed by atoms with E-state index in [0.29, 0.717) is 6.54 Å². The number of anilines is 1. The highest BCUT2D eigenvalue weighted by Crippen LogP contribution is 2.32. The number of carbonyl (C=O) groups excluding carboxylic acids is 2. The number of aromatic nitrogens is 2. The Hall–Kier alpha value is -2.63. The lowest BCUT2D eigenvalue weighted by molar-refractivity contribution is -0.119. The van der Waals surface area contributed by atoms with Crippen LogP contribution in [0.1, 0.15) is 66.1 Å². The fourth-order valence-corrected chi connectivity index (χ4v) is 4.49. The summed E-state index contributed by atoms with van der Waals surface area (Å²) in [4.78, 5) is 27.4. The number of carbonyl (C=O) groups is 2. The van der Waals surface area contributed by atoms with Crippen molar-refractivity contribution in [2.75, 3.05) is 18.4 Å². The van der Waals surface area contributed by atoms with Gasteiger partial charge in [-0.1, -0.05) is 30.5 Å². The maximum atomic E-state index is 12.9. The quantitative estimate of drug-likeness (QED) is 0.845. The van der Waals surface area contributed by atoms with Gasteiger partial charge in [-0.2, -0.15) is 5.10 Å². The van der Waals surface area contributed by atoms with E-state index >= 15 is 0 Å². The summed E-state index contributed by atoms with van der Waals surface area (Å²) in [6.07, 6.45) is 7.83. The smallest absolute Gasteiger partial charge is 0.253 e. The normalized spacial score (nSPS) is 20.3. The van der Waals surface area contributed by atoms with Gasteiger partial charge in [-0.05, 0) is 44.7 Å². The number of rotatable bonds is 4. The largest absolute Gasteiger partial charge is 0.338 e. The molecule has 0 bridgehead atoms. The molecule has 1 atom stereocenters. The molecule has 0 spiro atoms. The van der Waals surface area contributed by atoms with Crippen molar-refractivity contribution in [3.8, 4) is 0 Å². The highest BCUT2D eigenvalue weighted by Gasteiger charge is 2.29. The average molecular weight is 380 g/mol. The summed E-state index contributed by atoms with van der Waals surface area (Å²) in [6, 6.07) is 7.74. The van der Waals surface area contributed by atoms with Gasteiger partial charge in [-0.3, -0.25) is 14.7 Å². The van der Waals surface area contributed by atoms with Gasteiger partial charge in [-0.15, -0.1) is 0 Å². The van der Waals surface area contributed by atoms with E-state index in [1.54, 1.807) is 6.20 Å². The zero-order chi connectivity index (χ0) is 19.5. The van der Waals surface area contributed by atoms with Gasteiger partial charge in [0, 0.05) is 30.5 Å². The summed E-state index contributed by atoms with van der Waals surface area (Å²) < 4.78 is 0. The third-order valence-electron chi connectivity index (χ3n) is 6.03. The van der Waals surface area contributed by atoms with Gasteiger partial charge < -0.3 is 10.2 Å². The van der Waals surface area contributed by atoms with Gasteiger partial charge >= 0.3 is 0 Å². The van der Waals surface area contributed by atoms with Crippen LogP contribution in [0.15, 0.2) is 30.5 Å². The van der Waals surface area contributed by atoms with Gasteiger partial charge in [0.05, 0.1) is 17.6 Å². The molecule has 2 aliphatic rings. The van der Waals surface area contributed by atoms with Crippen molar-refractivity contribution in [3.63, 3.8) is 0 Å². The number of piperidine rings is 1. The summed E-state index contributed by atoms with van der Waals surface area (Å²) in [5.74, 6) is 0.450. The zero-order valence-corrected chi connectivity index (χ0v) is 16.4. The molecule has 1 aliphatic carbocycles. The molecule has 2 amide bonds. The first-order valence-electron chi connectivity index (χ1n) is 10.3. The van der Waals surface area contributed by atoms with E-state index in [4.69, 9.17) is 0 Å². The molecule has 1 aromatic heterocycles. The van der Waals surface area contributed by atoms with Crippen LogP contribution in [0.3, 0.4) is 0 Å². The number of aryl methyl sites for hydroxylation is 1. The monoisotopic (exact) mass is 380 g/mol. The lowest BCUT2D eigenvalue weighted by Crippen LogP contribution is -2.39. The first-order valence-corrected chi connectivity index (χ1v) is 10.3. The van der Waals surface area contributed by atoms with Gasteiger partial charge in [0.1, 0.15) is 0 Å². The summed E-state index contributed by atoms with van der Waals surface area (Å²) in [7, 11) is 0. The van der Waals surface area contributed by atoms with Crippen LogP contribution < -0.4 is 5.32 Å². The molecule has 1 saturated carbocycles. The molecule has 28 heavy (non-hydrogen) atoms. The molecule has 6 heteroatoms. The van der Waals surface area contributed by atoms with Crippen LogP contribution in [-0.4, -0.2) is 40.0 Å². The van der Waals surface area contributed by atoms with Crippen molar-refractivity contribution >= 4 is 17.5 Å². The van der Waals surface area contributed by atoms with E-state index in [0.717, 1.165) is 67.6 Å². The van der Waals surface area contributed by atoms with Crippen LogP contribution in [0.2, 0.25) is 0 Å². The van der Waals surface area contributed by atoms with E-state index in [1.807, 2.05) is 36.1 Å². The molecule has 2 fully saturated rings. The third-order valence-corrected chi connectivity index (χ3v) is 6.03. The number of nitrogens with one attached hydrogen (secondary N) is 2. The Labute approximate surface area is 165 Å². The second kappa shape index (κ2) is 8.17. The van der Waals surface area contributed by atoms with Crippen molar-refractivity contribution in [1.82, 2.24) is 15.1 Å². The Kier molecular flexibility index (Phi) is 5.46. The highest BCUT2D eigenvalue weighted by atomic mass is 16.2. The number of aromatic amines is 1. The summed E-state index contributed by atoms with van der Waals surface area (Å²) in [5.41, 5.74) is 3.53. The lowest BCUT2D eigenvalue weighted by Gasteiger charge is -2.33. The summed E-state index contributed by atoms with van der Waals surface area (Å²) >= 11 is 0. The number of amides is 2. The van der Waals surface area contributed by atoms with Crippen LogP contribution in [0, 0.1) is 12.8 Å². The number of likely N-dealkylation sites (tertiary alicyclic amines) is 1. The molecule has 2 aromatic rings. The van der Waals surface area contributed by atoms with Gasteiger partial charge in [-0.25, -0.2) is 0 Å². The van der Waals surface area contributed by atoms with Crippen molar-refractivity contribution in [2.24, 2.45) is 5.92 Å². The molecular weight excluding hydrogens is 352 g/mol. The Morgan fingerprint density at radius 3 is 2.79 bits per heavy atom. The Morgan fingerprint density at radius 2 is 2.00 bits per heavy atom. The number of H-pyrrole nitrogens is 1. The number of hydrogen-bond donors (Lipinski definition) is 2. The number of nitrogens with zero attached hydrogens (tertiary/aromatic N) is 2. The Balaban J connectivity index is 1.46. The molecule has 1 aliphatic heterocycles. The van der Waals surface area contributed by atoms with E-state index in [2.05, 4.69) is 15.5 Å². The Bertz CT molecular complexity index is 854. The number of hydrogen-bond acceptors (Lipinski definition) is 3. The van der Waals surface area contributed by atoms with Crippen molar-refractivity contribution in [2.45, 2.75) is 51.4 Å². The second-order valence-corrected chi connectivity index (χ2v) is 8.13. The Morgan fingerprint density at radius 1 is 1.18 bits per heavy atom. The van der Waals surface area contributed by atoms with E-state index in [9.17, 15) is 9.59 Å². The van der Waals surface area contributed by atoms with E-state index in [1.165, 1.54) is 0 Å². The van der Waals surface area contributed by atoms with Crippen molar-refractivity contribution in [3.05, 3.63) is 47.3 Å². The van der Waals surface area contributed by atoms with Gasteiger partial charge in [0.15, 0.2) is 0 Å². The molecule has 2 heterocycles. The topological polar surface area (TPSA) is 78.1 Å². The van der Waals surface area contributed by atoms with Crippen LogP contribution in [0.25, 0.3) is 0 Å². The molecule has 148 valence electrons. The van der Waals surface area contributed by atoms with Crippen LogP contribution in [0.4, 0.5) is 5.69 Å². The predicted octanol–water partition coefficient (Wildman–Crippen LogP) is 3.87. The van der Waals surface area contributed by atoms with Crippen LogP contribution in [-0.2, 0) is 4.79 Å². The molecular formula is C22H28N4O2. The SMILES string of the molecule is Cc1cccc(C(=O)N2CCC[C@H](c3[nH]ncc3NC(=O)C3CCCC3)C2)c1. The fourth-order valence-electron chi connectivity index (χ4n) is 4.49. The minimum absolute atomic E-state index is 0.0736. The van der Waals surface area contributed by atoms with Crippen molar-refractivity contribution < 1.29 is 9.59 Å². The molecule has 1 saturated heterocycles. The highest BCUT2D eigenvalue weighted by molar-refractivity contribution is 5.95. The molecule has 4 rings (SSSR count). The minimum atomic E-state index is 0.0736. The van der Waals surface area contributed by atoms with Crippen LogP contribution in [0.5, 0.6) is 0 Å². The average Bonchev–Trinajstić information content (AvgIpc) is 3.39. The van der Waals surface area contributed by atoms with Crippen LogP contribution >= 0.6 is 0 Å². The standard InChI is InChI=1S/C22H28N4O2/c1-15-6-4-9-17(12-15)22(28)26-11-5-10-18(14-26)20-19(13-23-25-20)24-21(27)16-7-2-3-8-16/h4,6,9,12-13,16,18H,2-3,5,7-8,10-11,14H2,1H3,(H,23,25)(H,24,27)/t18-/m0/s1. The maximum absolute atomic E-state index is 12.9. The minimum Gasteiger partial charge on any atom is -0.338 e. The van der Waals surface area contributed by atoms with E-state index in [-0.39, 0.29) is 23.7 Å². The third kappa shape index (κ3) is 3.96. The van der Waals surface area contributed by atoms with Crippen molar-refractivity contribution in [1.29, 1.82) is 0 Å². The second-order valence-electron chi connectivity index (χ2n) is 8.13. The molecule has 6 nitrogen and oxygen atoms in total. The molecule has 0 unspecified atom stereocenters. The van der Waals surface area contributed by atoms with Gasteiger partial charge in [0.2, 0.25) is 5.91 Å². The van der Waals surface area contributed by atoms with E-state index < -0.39 is 0 Å².